The van der Waals surface area contributed by atoms with E-state index in [0.29, 0.717) is 17.7 Å². The summed E-state index contributed by atoms with van der Waals surface area (Å²) in [6.45, 7) is 3.51. The van der Waals surface area contributed by atoms with Crippen LogP contribution in [0.2, 0.25) is 0 Å². The van der Waals surface area contributed by atoms with Crippen molar-refractivity contribution in [3.05, 3.63) is 32.7 Å². The number of hydrogen-bond donors (Lipinski definition) is 1. The van der Waals surface area contributed by atoms with Gasteiger partial charge in [0, 0.05) is 19.2 Å². The summed E-state index contributed by atoms with van der Waals surface area (Å²) in [5, 5.41) is 9.06. The van der Waals surface area contributed by atoms with Crippen LogP contribution in [0.3, 0.4) is 0 Å². The van der Waals surface area contributed by atoms with Gasteiger partial charge in [-0.05, 0) is 50.7 Å². The van der Waals surface area contributed by atoms with Gasteiger partial charge in [0.25, 0.3) is 5.56 Å². The largest absolute Gasteiger partial charge is 0.460 e. The fourth-order valence-electron chi connectivity index (χ4n) is 3.17. The molecule has 1 saturated carbocycles. The summed E-state index contributed by atoms with van der Waals surface area (Å²) in [5.74, 6) is -0.276. The van der Waals surface area contributed by atoms with Gasteiger partial charge in [-0.25, -0.2) is 0 Å². The summed E-state index contributed by atoms with van der Waals surface area (Å²) >= 11 is 0. The molecule has 1 N–H and O–H groups in total. The number of aryl methyl sites for hydroxylation is 1. The Balaban J connectivity index is 2.02. The van der Waals surface area contributed by atoms with Crippen molar-refractivity contribution >= 4 is 5.97 Å². The lowest BCUT2D eigenvalue weighted by Crippen LogP contribution is -2.28. The standard InChI is InChI=1S/C17H22N2O4/c1-10-12(11(2)19-17(21)13(10)9-18)7-8-16(20)23-15-6-4-5-14(15)22-3/h14-15H,4-8H2,1-3H3,(H,19,21)/t14-,15-/m0/s1. The highest BCUT2D eigenvalue weighted by atomic mass is 16.6. The lowest BCUT2D eigenvalue weighted by atomic mass is 9.99. The van der Waals surface area contributed by atoms with E-state index in [-0.39, 0.29) is 35.7 Å². The first-order valence-electron chi connectivity index (χ1n) is 7.82. The van der Waals surface area contributed by atoms with E-state index in [1.165, 1.54) is 0 Å². The fourth-order valence-corrected chi connectivity index (χ4v) is 3.17. The number of aromatic nitrogens is 1. The minimum Gasteiger partial charge on any atom is -0.460 e. The summed E-state index contributed by atoms with van der Waals surface area (Å²) in [6, 6.07) is 1.91. The Morgan fingerprint density at radius 2 is 2.04 bits per heavy atom. The van der Waals surface area contributed by atoms with E-state index < -0.39 is 0 Å². The molecule has 0 spiro atoms. The number of nitrogens with one attached hydrogen (secondary N) is 1. The summed E-state index contributed by atoms with van der Waals surface area (Å²) in [7, 11) is 1.63. The van der Waals surface area contributed by atoms with Crippen molar-refractivity contribution in [2.75, 3.05) is 7.11 Å². The smallest absolute Gasteiger partial charge is 0.306 e. The van der Waals surface area contributed by atoms with Gasteiger partial charge in [-0.15, -0.1) is 0 Å². The van der Waals surface area contributed by atoms with E-state index in [2.05, 4.69) is 4.98 Å². The number of H-pyrrole nitrogens is 1. The molecule has 0 unspecified atom stereocenters. The summed E-state index contributed by atoms with van der Waals surface area (Å²) in [4.78, 5) is 26.4. The Labute approximate surface area is 135 Å². The molecule has 0 amide bonds. The summed E-state index contributed by atoms with van der Waals surface area (Å²) in [5.41, 5.74) is 1.87. The maximum Gasteiger partial charge on any atom is 0.306 e. The van der Waals surface area contributed by atoms with Gasteiger partial charge < -0.3 is 14.5 Å². The zero-order valence-electron chi connectivity index (χ0n) is 13.8. The maximum atomic E-state index is 12.1. The molecule has 2 rings (SSSR count). The molecule has 6 nitrogen and oxygen atoms in total. The molecule has 2 atom stereocenters. The number of carbonyl (C=O) groups excluding carboxylic acids is 1. The lowest BCUT2D eigenvalue weighted by molar-refractivity contribution is -0.154. The first-order chi connectivity index (χ1) is 11.0. The first-order valence-corrected chi connectivity index (χ1v) is 7.82. The molecule has 0 radical (unpaired) electrons. The topological polar surface area (TPSA) is 92.2 Å². The third kappa shape index (κ3) is 3.80. The molecule has 6 heteroatoms. The van der Waals surface area contributed by atoms with Crippen molar-refractivity contribution in [3.63, 3.8) is 0 Å². The molecular formula is C17H22N2O4. The minimum absolute atomic E-state index is 0.0132. The van der Waals surface area contributed by atoms with Crippen LogP contribution < -0.4 is 5.56 Å². The van der Waals surface area contributed by atoms with Crippen molar-refractivity contribution < 1.29 is 14.3 Å². The van der Waals surface area contributed by atoms with Crippen LogP contribution in [0.5, 0.6) is 0 Å². The zero-order valence-corrected chi connectivity index (χ0v) is 13.8. The molecule has 0 bridgehead atoms. The number of aromatic amines is 1. The number of nitrogens with zero attached hydrogens (tertiary/aromatic N) is 1. The van der Waals surface area contributed by atoms with Gasteiger partial charge in [0.15, 0.2) is 0 Å². The van der Waals surface area contributed by atoms with Crippen LogP contribution in [0.4, 0.5) is 0 Å². The second kappa shape index (κ2) is 7.42. The quantitative estimate of drug-likeness (QED) is 0.837. The van der Waals surface area contributed by atoms with Crippen LogP contribution in [0.25, 0.3) is 0 Å². The number of carbonyl (C=O) groups is 1. The van der Waals surface area contributed by atoms with Crippen LogP contribution in [0.15, 0.2) is 4.79 Å². The van der Waals surface area contributed by atoms with E-state index in [0.717, 1.165) is 24.8 Å². The van der Waals surface area contributed by atoms with E-state index in [4.69, 9.17) is 14.7 Å². The van der Waals surface area contributed by atoms with Crippen LogP contribution in [0, 0.1) is 25.2 Å². The van der Waals surface area contributed by atoms with Crippen molar-refractivity contribution in [1.29, 1.82) is 5.26 Å². The average Bonchev–Trinajstić information content (AvgIpc) is 2.94. The van der Waals surface area contributed by atoms with Gasteiger partial charge in [-0.3, -0.25) is 9.59 Å². The van der Waals surface area contributed by atoms with Crippen molar-refractivity contribution in [3.8, 4) is 6.07 Å². The van der Waals surface area contributed by atoms with Crippen LogP contribution >= 0.6 is 0 Å². The number of methoxy groups -OCH3 is 1. The Hall–Kier alpha value is -2.13. The van der Waals surface area contributed by atoms with Gasteiger partial charge in [-0.1, -0.05) is 0 Å². The molecule has 0 saturated heterocycles. The number of rotatable bonds is 5. The molecule has 0 aromatic carbocycles. The molecule has 1 fully saturated rings. The molecular weight excluding hydrogens is 296 g/mol. The van der Waals surface area contributed by atoms with Gasteiger partial charge in [0.2, 0.25) is 0 Å². The molecule has 23 heavy (non-hydrogen) atoms. The minimum atomic E-state index is -0.386. The second-order valence-electron chi connectivity index (χ2n) is 5.90. The molecule has 1 aromatic heterocycles. The molecule has 124 valence electrons. The Morgan fingerprint density at radius 3 is 2.70 bits per heavy atom. The fraction of sp³-hybridized carbons (Fsp3) is 0.588. The van der Waals surface area contributed by atoms with Gasteiger partial charge in [0.05, 0.1) is 6.10 Å². The number of nitriles is 1. The third-order valence-corrected chi connectivity index (χ3v) is 4.48. The SMILES string of the molecule is CO[C@H]1CCC[C@@H]1OC(=O)CCc1c(C)[nH]c(=O)c(C#N)c1C. The van der Waals surface area contributed by atoms with Crippen molar-refractivity contribution in [1.82, 2.24) is 4.98 Å². The summed E-state index contributed by atoms with van der Waals surface area (Å²) < 4.78 is 10.8. The summed E-state index contributed by atoms with van der Waals surface area (Å²) in [6.07, 6.45) is 3.22. The number of esters is 1. The van der Waals surface area contributed by atoms with Gasteiger partial charge >= 0.3 is 5.97 Å². The number of hydrogen-bond acceptors (Lipinski definition) is 5. The second-order valence-corrected chi connectivity index (χ2v) is 5.90. The van der Waals surface area contributed by atoms with Gasteiger partial charge in [0.1, 0.15) is 17.7 Å². The van der Waals surface area contributed by atoms with Gasteiger partial charge in [-0.2, -0.15) is 5.26 Å². The van der Waals surface area contributed by atoms with Crippen LogP contribution in [-0.2, 0) is 20.7 Å². The van der Waals surface area contributed by atoms with Crippen molar-refractivity contribution in [2.24, 2.45) is 0 Å². The van der Waals surface area contributed by atoms with Crippen LogP contribution in [0.1, 0.15) is 48.1 Å². The maximum absolute atomic E-state index is 12.1. The predicted octanol–water partition coefficient (Wildman–Crippen LogP) is 1.91. The molecule has 1 aromatic rings. The number of ether oxygens (including phenoxy) is 2. The molecule has 1 heterocycles. The average molecular weight is 318 g/mol. The van der Waals surface area contributed by atoms with E-state index in [9.17, 15) is 9.59 Å². The first kappa shape index (κ1) is 17.2. The van der Waals surface area contributed by atoms with Crippen molar-refractivity contribution in [2.45, 2.75) is 58.2 Å². The predicted molar refractivity (Wildman–Crippen MR) is 84.1 cm³/mol. The highest BCUT2D eigenvalue weighted by Crippen LogP contribution is 2.25. The Kier molecular flexibility index (Phi) is 5.56. The highest BCUT2D eigenvalue weighted by molar-refractivity contribution is 5.70. The molecule has 1 aliphatic carbocycles. The molecule has 0 aliphatic heterocycles. The highest BCUT2D eigenvalue weighted by Gasteiger charge is 2.30. The Morgan fingerprint density at radius 1 is 1.35 bits per heavy atom. The molecule has 1 aliphatic rings. The third-order valence-electron chi connectivity index (χ3n) is 4.48. The normalized spacial score (nSPS) is 20.3. The van der Waals surface area contributed by atoms with Crippen LogP contribution in [-0.4, -0.2) is 30.3 Å². The van der Waals surface area contributed by atoms with E-state index in [1.54, 1.807) is 21.0 Å². The Bertz CT molecular complexity index is 687. The number of pyridine rings is 1. The van der Waals surface area contributed by atoms with E-state index in [1.807, 2.05) is 6.07 Å². The monoisotopic (exact) mass is 318 g/mol. The lowest BCUT2D eigenvalue weighted by Gasteiger charge is -2.19. The zero-order chi connectivity index (χ0) is 17.0. The van der Waals surface area contributed by atoms with E-state index >= 15 is 0 Å².